The first kappa shape index (κ1) is 20.8. The lowest BCUT2D eigenvalue weighted by Gasteiger charge is -2.19. The molecule has 0 saturated heterocycles. The smallest absolute Gasteiger partial charge is 0.260 e. The summed E-state index contributed by atoms with van der Waals surface area (Å²) in [5, 5.41) is 2.90. The minimum atomic E-state index is -3.32. The number of hydrogen-bond acceptors (Lipinski definition) is 4. The normalized spacial score (nSPS) is 13.5. The molecule has 2 unspecified atom stereocenters. The molecule has 0 aliphatic rings. The Morgan fingerprint density at radius 1 is 1.07 bits per heavy atom. The molecule has 27 heavy (non-hydrogen) atoms. The minimum absolute atomic E-state index is 0.199. The Bertz CT molecular complexity index is 851. The first-order chi connectivity index (χ1) is 12.7. The Kier molecular flexibility index (Phi) is 6.85. The van der Waals surface area contributed by atoms with E-state index in [9.17, 15) is 13.2 Å². The zero-order valence-corrected chi connectivity index (χ0v) is 16.9. The molecule has 2 rings (SSSR count). The van der Waals surface area contributed by atoms with Crippen molar-refractivity contribution in [1.82, 2.24) is 5.32 Å². The molecule has 7 heteroatoms. The summed E-state index contributed by atoms with van der Waals surface area (Å²) < 4.78 is 29.9. The van der Waals surface area contributed by atoms with Gasteiger partial charge in [0.05, 0.1) is 11.9 Å². The average Bonchev–Trinajstić information content (AvgIpc) is 2.65. The van der Waals surface area contributed by atoms with Crippen LogP contribution in [0.2, 0.25) is 0 Å². The number of anilines is 1. The second-order valence-corrected chi connectivity index (χ2v) is 8.56. The van der Waals surface area contributed by atoms with Crippen molar-refractivity contribution in [2.75, 3.05) is 24.2 Å². The van der Waals surface area contributed by atoms with E-state index in [4.69, 9.17) is 4.74 Å². The summed E-state index contributed by atoms with van der Waals surface area (Å²) in [5.41, 5.74) is 1.69. The van der Waals surface area contributed by atoms with Gasteiger partial charge < -0.3 is 10.1 Å². The first-order valence-corrected chi connectivity index (χ1v) is 10.6. The maximum absolute atomic E-state index is 12.3. The van der Waals surface area contributed by atoms with E-state index in [1.807, 2.05) is 30.3 Å². The van der Waals surface area contributed by atoms with Crippen molar-refractivity contribution in [3.63, 3.8) is 0 Å². The highest BCUT2D eigenvalue weighted by Crippen LogP contribution is 2.21. The maximum atomic E-state index is 12.3. The van der Waals surface area contributed by atoms with E-state index < -0.39 is 16.1 Å². The number of rotatable bonds is 8. The molecule has 0 aliphatic carbocycles. The van der Waals surface area contributed by atoms with Gasteiger partial charge in [0.1, 0.15) is 5.75 Å². The molecule has 1 amide bonds. The number of benzene rings is 2. The fraction of sp³-hybridized carbons (Fsp3) is 0.350. The van der Waals surface area contributed by atoms with Crippen molar-refractivity contribution in [3.05, 3.63) is 60.2 Å². The molecule has 6 nitrogen and oxygen atoms in total. The van der Waals surface area contributed by atoms with Gasteiger partial charge in [-0.3, -0.25) is 9.10 Å². The van der Waals surface area contributed by atoms with Crippen LogP contribution >= 0.6 is 0 Å². The number of ether oxygens (including phenoxy) is 1. The molecule has 2 atom stereocenters. The van der Waals surface area contributed by atoms with Crippen LogP contribution < -0.4 is 14.4 Å². The maximum Gasteiger partial charge on any atom is 0.260 e. The Hall–Kier alpha value is -2.54. The molecule has 0 aliphatic heterocycles. The third-order valence-electron chi connectivity index (χ3n) is 4.33. The molecule has 2 aromatic carbocycles. The van der Waals surface area contributed by atoms with Gasteiger partial charge in [-0.25, -0.2) is 8.42 Å². The molecule has 0 saturated carbocycles. The van der Waals surface area contributed by atoms with Crippen molar-refractivity contribution in [2.24, 2.45) is 0 Å². The van der Waals surface area contributed by atoms with Crippen molar-refractivity contribution in [2.45, 2.75) is 25.9 Å². The lowest BCUT2D eigenvalue weighted by molar-refractivity contribution is -0.127. The van der Waals surface area contributed by atoms with E-state index in [1.165, 1.54) is 11.4 Å². The summed E-state index contributed by atoms with van der Waals surface area (Å²) in [7, 11) is -1.83. The van der Waals surface area contributed by atoms with Crippen molar-refractivity contribution < 1.29 is 17.9 Å². The van der Waals surface area contributed by atoms with E-state index in [0.717, 1.165) is 11.8 Å². The highest BCUT2D eigenvalue weighted by Gasteiger charge is 2.17. The van der Waals surface area contributed by atoms with Crippen molar-refractivity contribution in [1.29, 1.82) is 0 Å². The molecular formula is C20H26N2O4S. The predicted molar refractivity (Wildman–Crippen MR) is 108 cm³/mol. The van der Waals surface area contributed by atoms with Gasteiger partial charge in [0, 0.05) is 13.6 Å². The average molecular weight is 391 g/mol. The minimum Gasteiger partial charge on any atom is -0.481 e. The molecule has 0 spiro atoms. The van der Waals surface area contributed by atoms with Gasteiger partial charge in [-0.05, 0) is 42.7 Å². The standard InChI is InChI=1S/C20H26N2O4S/c1-15(17-8-6-5-7-9-17)14-21-20(23)16(2)26-19-12-10-18(11-13-19)22(3)27(4,24)25/h5-13,15-16H,14H2,1-4H3,(H,21,23). The molecule has 0 bridgehead atoms. The quantitative estimate of drug-likeness (QED) is 0.752. The Morgan fingerprint density at radius 2 is 1.67 bits per heavy atom. The van der Waals surface area contributed by atoms with Crippen LogP contribution in [0, 0.1) is 0 Å². The molecule has 2 aromatic rings. The Balaban J connectivity index is 1.88. The van der Waals surface area contributed by atoms with Crippen LogP contribution in [-0.4, -0.2) is 40.3 Å². The topological polar surface area (TPSA) is 75.7 Å². The number of sulfonamides is 1. The van der Waals surface area contributed by atoms with E-state index >= 15 is 0 Å². The largest absolute Gasteiger partial charge is 0.481 e. The lowest BCUT2D eigenvalue weighted by Crippen LogP contribution is -2.38. The summed E-state index contributed by atoms with van der Waals surface area (Å²) in [6, 6.07) is 16.5. The molecule has 1 N–H and O–H groups in total. The number of carbonyl (C=O) groups is 1. The van der Waals surface area contributed by atoms with Crippen LogP contribution in [-0.2, 0) is 14.8 Å². The van der Waals surface area contributed by atoms with Gasteiger partial charge in [0.25, 0.3) is 5.91 Å². The van der Waals surface area contributed by atoms with Gasteiger partial charge in [-0.15, -0.1) is 0 Å². The third-order valence-corrected chi connectivity index (χ3v) is 5.54. The van der Waals surface area contributed by atoms with E-state index in [-0.39, 0.29) is 11.8 Å². The number of carbonyl (C=O) groups excluding carboxylic acids is 1. The monoisotopic (exact) mass is 390 g/mol. The zero-order valence-electron chi connectivity index (χ0n) is 16.0. The molecule has 0 heterocycles. The van der Waals surface area contributed by atoms with Gasteiger partial charge in [0.2, 0.25) is 10.0 Å². The summed E-state index contributed by atoms with van der Waals surface area (Å²) >= 11 is 0. The van der Waals surface area contributed by atoms with E-state index in [0.29, 0.717) is 18.0 Å². The van der Waals surface area contributed by atoms with Crippen LogP contribution in [0.15, 0.2) is 54.6 Å². The third kappa shape index (κ3) is 5.99. The fourth-order valence-corrected chi connectivity index (χ4v) is 2.99. The lowest BCUT2D eigenvalue weighted by atomic mass is 10.0. The summed E-state index contributed by atoms with van der Waals surface area (Å²) in [4.78, 5) is 12.3. The van der Waals surface area contributed by atoms with Gasteiger partial charge in [-0.2, -0.15) is 0 Å². The number of amides is 1. The number of hydrogen-bond donors (Lipinski definition) is 1. The fourth-order valence-electron chi connectivity index (χ4n) is 2.48. The summed E-state index contributed by atoms with van der Waals surface area (Å²) in [5.74, 6) is 0.502. The summed E-state index contributed by atoms with van der Waals surface area (Å²) in [6.45, 7) is 4.26. The molecule has 0 aromatic heterocycles. The van der Waals surface area contributed by atoms with E-state index in [2.05, 4.69) is 12.2 Å². The molecule has 0 radical (unpaired) electrons. The zero-order chi connectivity index (χ0) is 20.0. The predicted octanol–water partition coefficient (Wildman–Crippen LogP) is 2.77. The van der Waals surface area contributed by atoms with E-state index in [1.54, 1.807) is 31.2 Å². The highest BCUT2D eigenvalue weighted by atomic mass is 32.2. The Morgan fingerprint density at radius 3 is 2.22 bits per heavy atom. The molecule has 146 valence electrons. The second-order valence-electron chi connectivity index (χ2n) is 6.54. The van der Waals surface area contributed by atoms with Crippen LogP contribution in [0.25, 0.3) is 0 Å². The Labute approximate surface area is 161 Å². The second kappa shape index (κ2) is 8.90. The van der Waals surface area contributed by atoms with Crippen LogP contribution in [0.4, 0.5) is 5.69 Å². The number of nitrogens with one attached hydrogen (secondary N) is 1. The SMILES string of the molecule is CC(Oc1ccc(N(C)S(C)(=O)=O)cc1)C(=O)NCC(C)c1ccccc1. The van der Waals surface area contributed by atoms with Gasteiger partial charge >= 0.3 is 0 Å². The van der Waals surface area contributed by atoms with Crippen molar-refractivity contribution in [3.8, 4) is 5.75 Å². The van der Waals surface area contributed by atoms with Crippen LogP contribution in [0.3, 0.4) is 0 Å². The van der Waals surface area contributed by atoms with Crippen LogP contribution in [0.1, 0.15) is 25.3 Å². The number of nitrogens with zero attached hydrogens (tertiary/aromatic N) is 1. The molecule has 0 fully saturated rings. The summed E-state index contributed by atoms with van der Waals surface area (Å²) in [6.07, 6.45) is 0.478. The first-order valence-electron chi connectivity index (χ1n) is 8.71. The molecular weight excluding hydrogens is 364 g/mol. The van der Waals surface area contributed by atoms with Crippen molar-refractivity contribution >= 4 is 21.6 Å². The highest BCUT2D eigenvalue weighted by molar-refractivity contribution is 7.92. The van der Waals surface area contributed by atoms with Crippen LogP contribution in [0.5, 0.6) is 5.75 Å². The van der Waals surface area contributed by atoms with Gasteiger partial charge in [-0.1, -0.05) is 37.3 Å². The van der Waals surface area contributed by atoms with Gasteiger partial charge in [0.15, 0.2) is 6.10 Å².